The topological polar surface area (TPSA) is 78.7 Å². The third kappa shape index (κ3) is 3.56. The molecule has 2 aromatic carbocycles. The summed E-state index contributed by atoms with van der Waals surface area (Å²) in [6.07, 6.45) is 0. The third-order valence-corrected chi connectivity index (χ3v) is 6.02. The summed E-state index contributed by atoms with van der Waals surface area (Å²) < 4.78 is 0. The normalized spacial score (nSPS) is 17.4. The van der Waals surface area contributed by atoms with E-state index >= 15 is 0 Å². The fourth-order valence-corrected chi connectivity index (χ4v) is 4.40. The molecule has 8 heteroatoms. The number of carbonyl (C=O) groups excluding carboxylic acids is 1. The number of aryl methyl sites for hydroxylation is 1. The van der Waals surface area contributed by atoms with Crippen molar-refractivity contribution in [3.8, 4) is 5.75 Å². The average molecular weight is 409 g/mol. The lowest BCUT2D eigenvalue weighted by molar-refractivity contribution is -0.113. The maximum absolute atomic E-state index is 13.3. The number of thioether (sulfide) groups is 1. The first-order valence-corrected chi connectivity index (χ1v) is 10.1. The van der Waals surface area contributed by atoms with Gasteiger partial charge in [0, 0.05) is 0 Å². The molecule has 28 heavy (non-hydrogen) atoms. The molecular weight excluding hydrogens is 392 g/mol. The number of anilines is 1. The van der Waals surface area contributed by atoms with E-state index in [0.29, 0.717) is 15.2 Å². The zero-order valence-corrected chi connectivity index (χ0v) is 16.8. The number of carbonyl (C=O) groups is 1. The summed E-state index contributed by atoms with van der Waals surface area (Å²) in [5.74, 6) is 0.0496. The number of rotatable bonds is 3. The molecule has 1 fully saturated rings. The monoisotopic (exact) mass is 408 g/mol. The SMILES string of the molecule is C/C(=C1/S/C(=N/c2nnc(C)s2)N(c2ccccc2)C1=O)c1ccc(O)cc1. The Morgan fingerprint density at radius 1 is 1.07 bits per heavy atom. The van der Waals surface area contributed by atoms with Gasteiger partial charge in [-0.15, -0.1) is 10.2 Å². The van der Waals surface area contributed by atoms with Gasteiger partial charge >= 0.3 is 0 Å². The number of hydrogen-bond donors (Lipinski definition) is 1. The minimum Gasteiger partial charge on any atom is -0.508 e. The molecule has 3 aromatic rings. The Balaban J connectivity index is 1.81. The number of allylic oxidation sites excluding steroid dienone is 1. The molecule has 1 saturated heterocycles. The van der Waals surface area contributed by atoms with E-state index in [4.69, 9.17) is 0 Å². The van der Waals surface area contributed by atoms with Crippen LogP contribution in [0.3, 0.4) is 0 Å². The molecule has 1 amide bonds. The molecule has 0 saturated carbocycles. The van der Waals surface area contributed by atoms with Crippen LogP contribution >= 0.6 is 23.1 Å². The van der Waals surface area contributed by atoms with E-state index in [0.717, 1.165) is 21.8 Å². The van der Waals surface area contributed by atoms with Gasteiger partial charge in [-0.3, -0.25) is 9.69 Å². The Morgan fingerprint density at radius 3 is 2.43 bits per heavy atom. The van der Waals surface area contributed by atoms with Crippen molar-refractivity contribution in [1.82, 2.24) is 10.2 Å². The summed E-state index contributed by atoms with van der Waals surface area (Å²) in [7, 11) is 0. The van der Waals surface area contributed by atoms with E-state index < -0.39 is 0 Å². The van der Waals surface area contributed by atoms with Gasteiger partial charge in [0.25, 0.3) is 5.91 Å². The highest BCUT2D eigenvalue weighted by molar-refractivity contribution is 8.19. The van der Waals surface area contributed by atoms with E-state index in [-0.39, 0.29) is 11.7 Å². The van der Waals surface area contributed by atoms with E-state index in [1.54, 1.807) is 29.2 Å². The molecule has 1 N–H and O–H groups in total. The molecule has 4 rings (SSSR count). The van der Waals surface area contributed by atoms with Crippen LogP contribution < -0.4 is 4.90 Å². The van der Waals surface area contributed by atoms with E-state index in [1.807, 2.05) is 44.2 Å². The van der Waals surface area contributed by atoms with Crippen LogP contribution in [0.25, 0.3) is 5.57 Å². The fraction of sp³-hybridized carbons (Fsp3) is 0.100. The number of para-hydroxylation sites is 1. The average Bonchev–Trinajstić information content (AvgIpc) is 3.25. The van der Waals surface area contributed by atoms with Gasteiger partial charge in [-0.25, -0.2) is 0 Å². The molecule has 0 bridgehead atoms. The lowest BCUT2D eigenvalue weighted by atomic mass is 10.1. The van der Waals surface area contributed by atoms with Gasteiger partial charge < -0.3 is 5.11 Å². The number of nitrogens with zero attached hydrogens (tertiary/aromatic N) is 4. The minimum atomic E-state index is -0.137. The van der Waals surface area contributed by atoms with Gasteiger partial charge in [0.2, 0.25) is 5.13 Å². The van der Waals surface area contributed by atoms with Crippen LogP contribution in [0.5, 0.6) is 5.75 Å². The summed E-state index contributed by atoms with van der Waals surface area (Å²) >= 11 is 2.69. The van der Waals surface area contributed by atoms with Gasteiger partial charge in [0.15, 0.2) is 5.17 Å². The molecular formula is C20H16N4O2S2. The summed E-state index contributed by atoms with van der Waals surface area (Å²) in [6.45, 7) is 3.76. The third-order valence-electron chi connectivity index (χ3n) is 4.14. The van der Waals surface area contributed by atoms with Crippen molar-refractivity contribution in [2.75, 3.05) is 4.90 Å². The van der Waals surface area contributed by atoms with Gasteiger partial charge in [0.05, 0.1) is 10.6 Å². The number of hydrogen-bond acceptors (Lipinski definition) is 7. The van der Waals surface area contributed by atoms with Crippen LogP contribution in [0.15, 0.2) is 64.5 Å². The van der Waals surface area contributed by atoms with Crippen molar-refractivity contribution in [2.45, 2.75) is 13.8 Å². The van der Waals surface area contributed by atoms with Crippen LogP contribution in [0, 0.1) is 6.92 Å². The van der Waals surface area contributed by atoms with Crippen LogP contribution in [0.4, 0.5) is 10.8 Å². The van der Waals surface area contributed by atoms with Crippen LogP contribution in [-0.2, 0) is 4.79 Å². The maximum atomic E-state index is 13.3. The van der Waals surface area contributed by atoms with E-state index in [9.17, 15) is 9.90 Å². The van der Waals surface area contributed by atoms with Crippen molar-refractivity contribution in [3.05, 3.63) is 70.1 Å². The largest absolute Gasteiger partial charge is 0.508 e. The number of benzene rings is 2. The predicted molar refractivity (Wildman–Crippen MR) is 114 cm³/mol. The van der Waals surface area contributed by atoms with Gasteiger partial charge in [-0.1, -0.05) is 41.7 Å². The quantitative estimate of drug-likeness (QED) is 0.633. The van der Waals surface area contributed by atoms with Crippen LogP contribution in [0.1, 0.15) is 17.5 Å². The Labute approximate surface area is 170 Å². The van der Waals surface area contributed by atoms with E-state index in [2.05, 4.69) is 15.2 Å². The highest BCUT2D eigenvalue weighted by Crippen LogP contribution is 2.40. The highest BCUT2D eigenvalue weighted by Gasteiger charge is 2.36. The molecule has 140 valence electrons. The molecule has 1 aliphatic heterocycles. The van der Waals surface area contributed by atoms with Crippen molar-refractivity contribution in [2.24, 2.45) is 4.99 Å². The summed E-state index contributed by atoms with van der Waals surface area (Å²) in [5.41, 5.74) is 2.44. The maximum Gasteiger partial charge on any atom is 0.271 e. The first kappa shape index (κ1) is 18.4. The zero-order chi connectivity index (χ0) is 19.7. The Bertz CT molecular complexity index is 1090. The van der Waals surface area contributed by atoms with Crippen molar-refractivity contribution in [3.63, 3.8) is 0 Å². The Hall–Kier alpha value is -2.97. The van der Waals surface area contributed by atoms with Crippen molar-refractivity contribution >= 4 is 50.6 Å². The van der Waals surface area contributed by atoms with Crippen molar-refractivity contribution < 1.29 is 9.90 Å². The van der Waals surface area contributed by atoms with Crippen LogP contribution in [0.2, 0.25) is 0 Å². The number of amidine groups is 1. The number of amides is 1. The summed E-state index contributed by atoms with van der Waals surface area (Å²) in [6, 6.07) is 16.2. The summed E-state index contributed by atoms with van der Waals surface area (Å²) in [5, 5.41) is 19.5. The van der Waals surface area contributed by atoms with Gasteiger partial charge in [-0.05, 0) is 61.0 Å². The molecule has 1 aromatic heterocycles. The lowest BCUT2D eigenvalue weighted by Gasteiger charge is -2.15. The first-order chi connectivity index (χ1) is 13.5. The molecule has 1 aliphatic rings. The Morgan fingerprint density at radius 2 is 1.79 bits per heavy atom. The molecule has 2 heterocycles. The Kier molecular flexibility index (Phi) is 4.97. The first-order valence-electron chi connectivity index (χ1n) is 8.49. The van der Waals surface area contributed by atoms with Crippen molar-refractivity contribution in [1.29, 1.82) is 0 Å². The minimum absolute atomic E-state index is 0.137. The van der Waals surface area contributed by atoms with Gasteiger partial charge in [0.1, 0.15) is 10.8 Å². The standard InChI is InChI=1S/C20H16N4O2S2/c1-12(14-8-10-16(25)11-9-14)17-18(26)24(15-6-4-3-5-7-15)20(28-17)21-19-23-22-13(2)27-19/h3-11,25H,1-2H3/b17-12-,21-20+. The summed E-state index contributed by atoms with van der Waals surface area (Å²) in [4.78, 5) is 20.1. The molecule has 0 radical (unpaired) electrons. The molecule has 0 spiro atoms. The highest BCUT2D eigenvalue weighted by atomic mass is 32.2. The number of aromatic hydroxyl groups is 1. The number of phenolic OH excluding ortho intramolecular Hbond substituents is 1. The smallest absolute Gasteiger partial charge is 0.271 e. The number of phenols is 1. The molecule has 0 atom stereocenters. The van der Waals surface area contributed by atoms with Crippen LogP contribution in [-0.4, -0.2) is 26.4 Å². The molecule has 0 aliphatic carbocycles. The fourth-order valence-electron chi connectivity index (χ4n) is 2.74. The van der Waals surface area contributed by atoms with E-state index in [1.165, 1.54) is 23.1 Å². The zero-order valence-electron chi connectivity index (χ0n) is 15.2. The second-order valence-corrected chi connectivity index (χ2v) is 8.21. The van der Waals surface area contributed by atoms with Gasteiger partial charge in [-0.2, -0.15) is 4.99 Å². The lowest BCUT2D eigenvalue weighted by Crippen LogP contribution is -2.28. The number of aromatic nitrogens is 2. The second-order valence-electron chi connectivity index (χ2n) is 6.08. The number of aliphatic imine (C=N–C) groups is 1. The molecule has 6 nitrogen and oxygen atoms in total. The predicted octanol–water partition coefficient (Wildman–Crippen LogP) is 4.75. The molecule has 0 unspecified atom stereocenters. The second kappa shape index (κ2) is 7.57.